The first-order chi connectivity index (χ1) is 6.38. The average Bonchev–Trinajstić information content (AvgIpc) is 2.32. The van der Waals surface area contributed by atoms with Crippen LogP contribution in [0.1, 0.15) is 59.8 Å². The summed E-state index contributed by atoms with van der Waals surface area (Å²) in [4.78, 5) is 11.5. The Morgan fingerprint density at radius 2 is 2.07 bits per heavy atom. The van der Waals surface area contributed by atoms with Crippen molar-refractivity contribution in [1.29, 1.82) is 0 Å². The third kappa shape index (κ3) is 3.81. The Morgan fingerprint density at radius 3 is 2.50 bits per heavy atom. The Labute approximate surface area is 88.3 Å². The van der Waals surface area contributed by atoms with Crippen molar-refractivity contribution >= 4 is 5.78 Å². The normalized spacial score (nSPS) is 25.4. The van der Waals surface area contributed by atoms with Gasteiger partial charge in [-0.15, -0.1) is 0 Å². The van der Waals surface area contributed by atoms with Crippen LogP contribution >= 0.6 is 0 Å². The summed E-state index contributed by atoms with van der Waals surface area (Å²) in [6.45, 7) is 9.12. The Kier molecular flexibility index (Phi) is 3.74. The highest BCUT2D eigenvalue weighted by Gasteiger charge is 2.27. The largest absolute Gasteiger partial charge is 0.299 e. The summed E-state index contributed by atoms with van der Waals surface area (Å²) < 4.78 is 0. The number of Topliss-reactive ketones (excluding diaryl/α,β-unsaturated/α-hetero) is 1. The van der Waals surface area contributed by atoms with Crippen molar-refractivity contribution in [1.82, 2.24) is 0 Å². The second kappa shape index (κ2) is 4.46. The highest BCUT2D eigenvalue weighted by molar-refractivity contribution is 5.82. The van der Waals surface area contributed by atoms with E-state index in [9.17, 15) is 4.79 Å². The van der Waals surface area contributed by atoms with E-state index < -0.39 is 0 Å². The Bertz CT molecular complexity index is 200. The van der Waals surface area contributed by atoms with Gasteiger partial charge in [0.1, 0.15) is 5.78 Å². The predicted molar refractivity (Wildman–Crippen MR) is 60.2 cm³/mol. The van der Waals surface area contributed by atoms with Gasteiger partial charge in [-0.1, -0.05) is 27.7 Å². The van der Waals surface area contributed by atoms with Gasteiger partial charge >= 0.3 is 0 Å². The van der Waals surface area contributed by atoms with Gasteiger partial charge in [-0.2, -0.15) is 0 Å². The first-order valence-electron chi connectivity index (χ1n) is 5.91. The zero-order chi connectivity index (χ0) is 10.8. The van der Waals surface area contributed by atoms with E-state index in [-0.39, 0.29) is 0 Å². The molecule has 82 valence electrons. The summed E-state index contributed by atoms with van der Waals surface area (Å²) in [5, 5.41) is 0. The molecule has 0 spiro atoms. The molecule has 0 aromatic carbocycles. The summed E-state index contributed by atoms with van der Waals surface area (Å²) in [6, 6.07) is 0. The molecular weight excluding hydrogens is 172 g/mol. The van der Waals surface area contributed by atoms with Gasteiger partial charge in [0, 0.05) is 12.3 Å². The number of carbonyl (C=O) groups excluding carboxylic acids is 1. The van der Waals surface area contributed by atoms with E-state index in [4.69, 9.17) is 0 Å². The molecule has 1 aliphatic rings. The van der Waals surface area contributed by atoms with E-state index in [1.807, 2.05) is 0 Å². The van der Waals surface area contributed by atoms with E-state index in [1.54, 1.807) is 0 Å². The van der Waals surface area contributed by atoms with E-state index in [1.165, 1.54) is 6.42 Å². The molecule has 0 aromatic heterocycles. The van der Waals surface area contributed by atoms with Crippen molar-refractivity contribution in [3.63, 3.8) is 0 Å². The zero-order valence-corrected chi connectivity index (χ0v) is 10.1. The van der Waals surface area contributed by atoms with E-state index in [2.05, 4.69) is 27.7 Å². The molecule has 2 atom stereocenters. The molecule has 0 radical (unpaired) electrons. The van der Waals surface area contributed by atoms with E-state index in [0.29, 0.717) is 23.0 Å². The first kappa shape index (κ1) is 11.7. The number of ketones is 1. The lowest BCUT2D eigenvalue weighted by molar-refractivity contribution is -0.121. The minimum atomic E-state index is 0.396. The van der Waals surface area contributed by atoms with Crippen LogP contribution in [0.15, 0.2) is 0 Å². The molecule has 0 heterocycles. The van der Waals surface area contributed by atoms with Crippen LogP contribution in [0.2, 0.25) is 0 Å². The maximum atomic E-state index is 11.5. The van der Waals surface area contributed by atoms with E-state index >= 15 is 0 Å². The molecule has 14 heavy (non-hydrogen) atoms. The van der Waals surface area contributed by atoms with Gasteiger partial charge in [0.05, 0.1) is 0 Å². The van der Waals surface area contributed by atoms with Gasteiger partial charge in [-0.05, 0) is 37.0 Å². The maximum absolute atomic E-state index is 11.5. The van der Waals surface area contributed by atoms with Crippen molar-refractivity contribution in [3.05, 3.63) is 0 Å². The van der Waals surface area contributed by atoms with Crippen LogP contribution in [-0.2, 0) is 4.79 Å². The second-order valence-electron chi connectivity index (χ2n) is 6.16. The lowest BCUT2D eigenvalue weighted by Crippen LogP contribution is -2.16. The fraction of sp³-hybridized carbons (Fsp3) is 0.923. The third-order valence-corrected chi connectivity index (χ3v) is 3.08. The Morgan fingerprint density at radius 1 is 1.43 bits per heavy atom. The molecule has 2 unspecified atom stereocenters. The zero-order valence-electron chi connectivity index (χ0n) is 10.1. The quantitative estimate of drug-likeness (QED) is 0.670. The number of rotatable bonds is 3. The molecule has 0 N–H and O–H groups in total. The minimum absolute atomic E-state index is 0.396. The topological polar surface area (TPSA) is 17.1 Å². The minimum Gasteiger partial charge on any atom is -0.299 e. The van der Waals surface area contributed by atoms with Crippen LogP contribution in [0, 0.1) is 17.3 Å². The Balaban J connectivity index is 2.33. The molecule has 1 nitrogen and oxygen atoms in total. The summed E-state index contributed by atoms with van der Waals surface area (Å²) in [7, 11) is 0. The molecule has 1 aliphatic carbocycles. The highest BCUT2D eigenvalue weighted by atomic mass is 16.1. The molecule has 0 aromatic rings. The maximum Gasteiger partial charge on any atom is 0.135 e. The van der Waals surface area contributed by atoms with Crippen molar-refractivity contribution in [2.24, 2.45) is 17.3 Å². The fourth-order valence-corrected chi connectivity index (χ4v) is 2.75. The predicted octanol–water partition coefficient (Wildman–Crippen LogP) is 3.82. The van der Waals surface area contributed by atoms with Gasteiger partial charge in [-0.25, -0.2) is 0 Å². The fourth-order valence-electron chi connectivity index (χ4n) is 2.75. The highest BCUT2D eigenvalue weighted by Crippen LogP contribution is 2.32. The number of hydrogen-bond donors (Lipinski definition) is 0. The standard InChI is InChI=1S/C13H24O/c1-10(9-13(2,3)4)8-11-6-5-7-12(11)14/h10-11H,5-9H2,1-4H3. The molecule has 0 aliphatic heterocycles. The Hall–Kier alpha value is -0.330. The second-order valence-corrected chi connectivity index (χ2v) is 6.16. The molecule has 0 saturated heterocycles. The molecule has 0 bridgehead atoms. The van der Waals surface area contributed by atoms with Crippen LogP contribution in [0.3, 0.4) is 0 Å². The van der Waals surface area contributed by atoms with Crippen LogP contribution in [0.5, 0.6) is 0 Å². The summed E-state index contributed by atoms with van der Waals surface area (Å²) in [5.41, 5.74) is 0.404. The van der Waals surface area contributed by atoms with Gasteiger partial charge in [0.25, 0.3) is 0 Å². The summed E-state index contributed by atoms with van der Waals surface area (Å²) in [5.74, 6) is 1.61. The molecule has 0 amide bonds. The summed E-state index contributed by atoms with van der Waals surface area (Å²) >= 11 is 0. The van der Waals surface area contributed by atoms with Crippen molar-refractivity contribution in [3.8, 4) is 0 Å². The first-order valence-corrected chi connectivity index (χ1v) is 5.91. The molecule has 1 rings (SSSR count). The van der Waals surface area contributed by atoms with Crippen molar-refractivity contribution in [2.75, 3.05) is 0 Å². The number of carbonyl (C=O) groups is 1. The van der Waals surface area contributed by atoms with Crippen molar-refractivity contribution < 1.29 is 4.79 Å². The SMILES string of the molecule is CC(CC1CCCC1=O)CC(C)(C)C. The molecule has 1 saturated carbocycles. The monoisotopic (exact) mass is 196 g/mol. The lowest BCUT2D eigenvalue weighted by Gasteiger charge is -2.24. The van der Waals surface area contributed by atoms with Gasteiger partial charge in [0.15, 0.2) is 0 Å². The van der Waals surface area contributed by atoms with Crippen molar-refractivity contribution in [2.45, 2.75) is 59.8 Å². The van der Waals surface area contributed by atoms with Crippen LogP contribution in [0.25, 0.3) is 0 Å². The smallest absolute Gasteiger partial charge is 0.135 e. The van der Waals surface area contributed by atoms with Crippen LogP contribution in [-0.4, -0.2) is 5.78 Å². The van der Waals surface area contributed by atoms with E-state index in [0.717, 1.165) is 25.7 Å². The van der Waals surface area contributed by atoms with Gasteiger partial charge < -0.3 is 0 Å². The number of hydrogen-bond acceptors (Lipinski definition) is 1. The summed E-state index contributed by atoms with van der Waals surface area (Å²) in [6.07, 6.45) is 5.47. The lowest BCUT2D eigenvalue weighted by atomic mass is 9.81. The van der Waals surface area contributed by atoms with Crippen LogP contribution in [0.4, 0.5) is 0 Å². The van der Waals surface area contributed by atoms with Crippen LogP contribution < -0.4 is 0 Å². The molecular formula is C13H24O. The van der Waals surface area contributed by atoms with Gasteiger partial charge in [0.2, 0.25) is 0 Å². The molecule has 1 fully saturated rings. The average molecular weight is 196 g/mol. The third-order valence-electron chi connectivity index (χ3n) is 3.08. The molecule has 1 heteroatoms. The van der Waals surface area contributed by atoms with Gasteiger partial charge in [-0.3, -0.25) is 4.79 Å².